The molecule has 0 aliphatic carbocycles. The fourth-order valence-electron chi connectivity index (χ4n) is 4.49. The first-order chi connectivity index (χ1) is 22.4. The van der Waals surface area contributed by atoms with Gasteiger partial charge in [0.1, 0.15) is 25.1 Å². The fourth-order valence-corrected chi connectivity index (χ4v) is 4.49. The molecule has 0 spiro atoms. The van der Waals surface area contributed by atoms with E-state index in [1.54, 1.807) is 65.8 Å². The predicted molar refractivity (Wildman–Crippen MR) is 171 cm³/mol. The molecule has 5 atom stereocenters. The number of rotatable bonds is 12. The smallest absolute Gasteiger partial charge is 0.311 e. The van der Waals surface area contributed by atoms with Gasteiger partial charge in [-0.1, -0.05) is 42.5 Å². The van der Waals surface area contributed by atoms with Crippen LogP contribution in [-0.4, -0.2) is 67.2 Å². The molecule has 1 fully saturated rings. The molecule has 0 aromatic heterocycles. The molecule has 48 heavy (non-hydrogen) atoms. The average molecular weight is 671 g/mol. The van der Waals surface area contributed by atoms with Gasteiger partial charge in [-0.15, -0.1) is 0 Å². The zero-order valence-electron chi connectivity index (χ0n) is 28.8. The molecule has 3 rings (SSSR count). The van der Waals surface area contributed by atoms with Crippen LogP contribution in [-0.2, 0) is 65.4 Å². The molecule has 0 unspecified atom stereocenters. The van der Waals surface area contributed by atoms with Crippen LogP contribution in [0.4, 0.5) is 0 Å². The van der Waals surface area contributed by atoms with Crippen LogP contribution in [0, 0.1) is 10.8 Å². The van der Waals surface area contributed by atoms with Crippen LogP contribution >= 0.6 is 0 Å². The Morgan fingerprint density at radius 1 is 0.667 bits per heavy atom. The molecule has 0 amide bonds. The molecule has 2 aromatic rings. The molecular weight excluding hydrogens is 624 g/mol. The highest BCUT2D eigenvalue weighted by molar-refractivity contribution is 5.76. The van der Waals surface area contributed by atoms with E-state index in [9.17, 15) is 24.0 Å². The molecule has 262 valence electrons. The van der Waals surface area contributed by atoms with Crippen molar-refractivity contribution in [3.05, 3.63) is 65.7 Å². The van der Waals surface area contributed by atoms with Crippen molar-refractivity contribution in [3.8, 4) is 5.75 Å². The standard InChI is InChI=1S/C36H46O12/c1-22(37)44-29-27(21-43-33(40)35(3,4)5)47-32(31(45-23(2)38)30(29)48-34(41)36(6,7)8)46-26-17-14-24(15-18-26)16-19-28(39)42-20-25-12-10-9-11-13-25/h9-15,17-18,27,29-32H,16,19-21H2,1-8H3/t27-,29-,30+,31+,32-/m1/s1. The van der Waals surface area contributed by atoms with E-state index in [0.717, 1.165) is 25.0 Å². The van der Waals surface area contributed by atoms with Crippen molar-refractivity contribution in [2.75, 3.05) is 6.61 Å². The summed E-state index contributed by atoms with van der Waals surface area (Å²) in [6, 6.07) is 16.2. The lowest BCUT2D eigenvalue weighted by molar-refractivity contribution is -0.290. The van der Waals surface area contributed by atoms with Crippen LogP contribution < -0.4 is 4.74 Å². The number of carbonyl (C=O) groups is 5. The Bertz CT molecular complexity index is 1410. The number of hydrogen-bond donors (Lipinski definition) is 0. The number of esters is 5. The highest BCUT2D eigenvalue weighted by Gasteiger charge is 2.54. The molecule has 0 radical (unpaired) electrons. The van der Waals surface area contributed by atoms with Crippen molar-refractivity contribution < 1.29 is 57.1 Å². The summed E-state index contributed by atoms with van der Waals surface area (Å²) in [6.07, 6.45) is -6.06. The fraction of sp³-hybridized carbons (Fsp3) is 0.528. The van der Waals surface area contributed by atoms with Crippen molar-refractivity contribution in [1.29, 1.82) is 0 Å². The summed E-state index contributed by atoms with van der Waals surface area (Å²) in [5.41, 5.74) is -0.0958. The number of aryl methyl sites for hydroxylation is 1. The van der Waals surface area contributed by atoms with E-state index < -0.39 is 65.4 Å². The molecule has 0 bridgehead atoms. The van der Waals surface area contributed by atoms with Crippen LogP contribution in [0.2, 0.25) is 0 Å². The largest absolute Gasteiger partial charge is 0.462 e. The Morgan fingerprint density at radius 2 is 1.25 bits per heavy atom. The summed E-state index contributed by atoms with van der Waals surface area (Å²) >= 11 is 0. The van der Waals surface area contributed by atoms with Gasteiger partial charge in [-0.3, -0.25) is 24.0 Å². The van der Waals surface area contributed by atoms with Gasteiger partial charge < -0.3 is 33.2 Å². The molecule has 12 heteroatoms. The zero-order chi connectivity index (χ0) is 35.6. The van der Waals surface area contributed by atoms with Gasteiger partial charge in [0.25, 0.3) is 0 Å². The van der Waals surface area contributed by atoms with E-state index in [4.69, 9.17) is 33.2 Å². The Kier molecular flexibility index (Phi) is 13.1. The lowest BCUT2D eigenvalue weighted by Crippen LogP contribution is -2.64. The molecule has 1 saturated heterocycles. The van der Waals surface area contributed by atoms with E-state index in [2.05, 4.69) is 0 Å². The van der Waals surface area contributed by atoms with Crippen molar-refractivity contribution >= 4 is 29.8 Å². The van der Waals surface area contributed by atoms with Crippen LogP contribution in [0.15, 0.2) is 54.6 Å². The first kappa shape index (κ1) is 38.0. The van der Waals surface area contributed by atoms with E-state index in [1.807, 2.05) is 30.3 Å². The summed E-state index contributed by atoms with van der Waals surface area (Å²) in [7, 11) is 0. The van der Waals surface area contributed by atoms with E-state index in [0.29, 0.717) is 12.2 Å². The SMILES string of the molecule is CC(=O)O[C@@H]1[C@H](Oc2ccc(CCC(=O)OCc3ccccc3)cc2)O[C@H](COC(=O)C(C)(C)C)[C@@H](OC(C)=O)[C@@H]1OC(=O)C(C)(C)C. The van der Waals surface area contributed by atoms with Gasteiger partial charge in [-0.2, -0.15) is 0 Å². The molecule has 2 aromatic carbocycles. The van der Waals surface area contributed by atoms with Crippen molar-refractivity contribution in [3.63, 3.8) is 0 Å². The maximum atomic E-state index is 13.1. The maximum absolute atomic E-state index is 13.1. The second kappa shape index (κ2) is 16.6. The number of benzene rings is 2. The maximum Gasteiger partial charge on any atom is 0.311 e. The third kappa shape index (κ3) is 11.7. The highest BCUT2D eigenvalue weighted by Crippen LogP contribution is 2.33. The Morgan fingerprint density at radius 3 is 1.81 bits per heavy atom. The van der Waals surface area contributed by atoms with Gasteiger partial charge in [-0.05, 0) is 71.2 Å². The molecule has 1 heterocycles. The lowest BCUT2D eigenvalue weighted by atomic mass is 9.94. The van der Waals surface area contributed by atoms with Gasteiger partial charge in [0.05, 0.1) is 10.8 Å². The van der Waals surface area contributed by atoms with Crippen molar-refractivity contribution in [2.24, 2.45) is 10.8 Å². The summed E-state index contributed by atoms with van der Waals surface area (Å²) in [4.78, 5) is 62.5. The van der Waals surface area contributed by atoms with E-state index in [1.165, 1.54) is 0 Å². The Labute approximate surface area is 281 Å². The summed E-state index contributed by atoms with van der Waals surface area (Å²) in [6.45, 7) is 12.1. The highest BCUT2D eigenvalue weighted by atomic mass is 16.7. The molecule has 1 aliphatic heterocycles. The monoisotopic (exact) mass is 670 g/mol. The third-order valence-corrected chi connectivity index (χ3v) is 7.08. The van der Waals surface area contributed by atoms with E-state index >= 15 is 0 Å². The second-order valence-corrected chi connectivity index (χ2v) is 13.6. The molecular formula is C36H46O12. The van der Waals surface area contributed by atoms with Crippen molar-refractivity contribution in [2.45, 2.75) is 106 Å². The Hall–Kier alpha value is -4.45. The minimum Gasteiger partial charge on any atom is -0.462 e. The Balaban J connectivity index is 1.83. The van der Waals surface area contributed by atoms with Crippen LogP contribution in [0.3, 0.4) is 0 Å². The third-order valence-electron chi connectivity index (χ3n) is 7.08. The first-order valence-corrected chi connectivity index (χ1v) is 15.8. The van der Waals surface area contributed by atoms with Gasteiger partial charge in [-0.25, -0.2) is 0 Å². The number of ether oxygens (including phenoxy) is 7. The van der Waals surface area contributed by atoms with Gasteiger partial charge in [0, 0.05) is 20.3 Å². The number of carbonyl (C=O) groups excluding carboxylic acids is 5. The normalized spacial score (nSPS) is 21.0. The van der Waals surface area contributed by atoms with Crippen LogP contribution in [0.5, 0.6) is 5.75 Å². The topological polar surface area (TPSA) is 150 Å². The molecule has 0 N–H and O–H groups in total. The predicted octanol–water partition coefficient (Wildman–Crippen LogP) is 4.88. The van der Waals surface area contributed by atoms with E-state index in [-0.39, 0.29) is 25.6 Å². The average Bonchev–Trinajstić information content (AvgIpc) is 3.00. The minimum absolute atomic E-state index is 0.167. The van der Waals surface area contributed by atoms with Gasteiger partial charge >= 0.3 is 29.8 Å². The summed E-state index contributed by atoms with van der Waals surface area (Å²) < 4.78 is 40.1. The van der Waals surface area contributed by atoms with Crippen molar-refractivity contribution in [1.82, 2.24) is 0 Å². The minimum atomic E-state index is -1.39. The zero-order valence-corrected chi connectivity index (χ0v) is 28.8. The summed E-state index contributed by atoms with van der Waals surface area (Å²) in [5.74, 6) is -2.72. The second-order valence-electron chi connectivity index (χ2n) is 13.6. The lowest BCUT2D eigenvalue weighted by Gasteiger charge is -2.44. The number of hydrogen-bond acceptors (Lipinski definition) is 12. The van der Waals surface area contributed by atoms with Crippen LogP contribution in [0.25, 0.3) is 0 Å². The molecule has 12 nitrogen and oxygen atoms in total. The molecule has 1 aliphatic rings. The van der Waals surface area contributed by atoms with Crippen LogP contribution in [0.1, 0.15) is 72.9 Å². The quantitative estimate of drug-likeness (QED) is 0.224. The summed E-state index contributed by atoms with van der Waals surface area (Å²) in [5, 5.41) is 0. The van der Waals surface area contributed by atoms with Gasteiger partial charge in [0.2, 0.25) is 12.4 Å². The van der Waals surface area contributed by atoms with Gasteiger partial charge in [0.15, 0.2) is 12.2 Å². The molecule has 0 saturated carbocycles. The first-order valence-electron chi connectivity index (χ1n) is 15.8.